The van der Waals surface area contributed by atoms with Gasteiger partial charge in [-0.25, -0.2) is 13.1 Å². The first-order chi connectivity index (χ1) is 8.24. The maximum absolute atomic E-state index is 12.5. The van der Waals surface area contributed by atoms with Gasteiger partial charge in [-0.15, -0.1) is 5.10 Å². The molecule has 0 amide bonds. The number of aryl methyl sites for hydroxylation is 1. The molecule has 1 atom stereocenters. The van der Waals surface area contributed by atoms with E-state index in [2.05, 4.69) is 26.2 Å². The minimum atomic E-state index is -3.69. The third-order valence-electron chi connectivity index (χ3n) is 2.96. The molecule has 1 unspecified atom stereocenters. The van der Waals surface area contributed by atoms with Crippen LogP contribution < -0.4 is 0 Å². The molecule has 2 heterocycles. The smallest absolute Gasteiger partial charge is 0.263 e. The van der Waals surface area contributed by atoms with E-state index in [9.17, 15) is 13.5 Å². The van der Waals surface area contributed by atoms with Crippen molar-refractivity contribution in [1.29, 1.82) is 0 Å². The molecule has 0 aliphatic carbocycles. The summed E-state index contributed by atoms with van der Waals surface area (Å²) in [5.74, 6) is 0. The average Bonchev–Trinajstić information content (AvgIpc) is 2.57. The average molecular weight is 339 g/mol. The number of hydrogen-bond donors (Lipinski definition) is 1. The fraction of sp³-hybridized carbons (Fsp3) is 0.778. The van der Waals surface area contributed by atoms with E-state index in [0.29, 0.717) is 19.4 Å². The van der Waals surface area contributed by atoms with Crippen molar-refractivity contribution in [2.75, 3.05) is 13.1 Å². The Morgan fingerprint density at radius 3 is 2.67 bits per heavy atom. The van der Waals surface area contributed by atoms with Gasteiger partial charge in [-0.2, -0.15) is 4.31 Å². The highest BCUT2D eigenvalue weighted by Gasteiger charge is 2.38. The first-order valence-corrected chi connectivity index (χ1v) is 7.75. The van der Waals surface area contributed by atoms with Gasteiger partial charge in [0.25, 0.3) is 10.0 Å². The first kappa shape index (κ1) is 13.9. The summed E-state index contributed by atoms with van der Waals surface area (Å²) in [6.45, 7) is 2.13. The summed E-state index contributed by atoms with van der Waals surface area (Å²) < 4.78 is 27.6. The molecule has 1 aromatic heterocycles. The van der Waals surface area contributed by atoms with E-state index in [1.165, 1.54) is 16.0 Å². The van der Waals surface area contributed by atoms with Crippen LogP contribution in [0, 0.1) is 0 Å². The molecule has 102 valence electrons. The Bertz CT molecular complexity index is 535. The lowest BCUT2D eigenvalue weighted by Gasteiger charge is -2.35. The molecule has 1 aromatic rings. The van der Waals surface area contributed by atoms with Crippen molar-refractivity contribution in [2.24, 2.45) is 7.05 Å². The van der Waals surface area contributed by atoms with Crippen LogP contribution in [0.5, 0.6) is 0 Å². The van der Waals surface area contributed by atoms with Gasteiger partial charge in [0.2, 0.25) is 5.03 Å². The van der Waals surface area contributed by atoms with E-state index in [0.717, 1.165) is 0 Å². The summed E-state index contributed by atoms with van der Waals surface area (Å²) in [4.78, 5) is 0. The number of β-amino-alcohol motifs (C(OH)–C–C–N with tert-alkyl or cyclic N) is 1. The highest BCUT2D eigenvalue weighted by molar-refractivity contribution is 9.10. The number of aliphatic hydroxyl groups is 1. The Labute approximate surface area is 114 Å². The zero-order valence-corrected chi connectivity index (χ0v) is 12.6. The maximum Gasteiger partial charge on any atom is 0.263 e. The van der Waals surface area contributed by atoms with Crippen molar-refractivity contribution in [3.63, 3.8) is 0 Å². The number of rotatable bonds is 2. The fourth-order valence-electron chi connectivity index (χ4n) is 2.10. The van der Waals surface area contributed by atoms with Crippen LogP contribution in [0.4, 0.5) is 0 Å². The quantitative estimate of drug-likeness (QED) is 0.826. The molecule has 0 bridgehead atoms. The minimum absolute atomic E-state index is 0.0141. The molecule has 0 saturated carbocycles. The lowest BCUT2D eigenvalue weighted by molar-refractivity contribution is 0.00927. The number of aromatic nitrogens is 3. The summed E-state index contributed by atoms with van der Waals surface area (Å²) >= 11 is 3.09. The van der Waals surface area contributed by atoms with Crippen LogP contribution in [0.15, 0.2) is 9.63 Å². The molecule has 9 heteroatoms. The Kier molecular flexibility index (Phi) is 3.52. The molecule has 0 aromatic carbocycles. The Hall–Kier alpha value is -0.510. The van der Waals surface area contributed by atoms with Gasteiger partial charge in [0.1, 0.15) is 0 Å². The molecule has 1 aliphatic heterocycles. The van der Waals surface area contributed by atoms with Crippen LogP contribution in [-0.4, -0.2) is 51.5 Å². The number of nitrogens with zero attached hydrogens (tertiary/aromatic N) is 4. The number of piperidine rings is 1. The predicted molar refractivity (Wildman–Crippen MR) is 67.3 cm³/mol. The van der Waals surface area contributed by atoms with Crippen molar-refractivity contribution in [3.05, 3.63) is 4.60 Å². The van der Waals surface area contributed by atoms with Crippen LogP contribution in [0.1, 0.15) is 19.8 Å². The maximum atomic E-state index is 12.5. The van der Waals surface area contributed by atoms with E-state index in [1.807, 2.05) is 0 Å². The summed E-state index contributed by atoms with van der Waals surface area (Å²) in [5.41, 5.74) is -0.982. The van der Waals surface area contributed by atoms with Crippen LogP contribution in [-0.2, 0) is 17.1 Å². The molecule has 2 rings (SSSR count). The van der Waals surface area contributed by atoms with Gasteiger partial charge >= 0.3 is 0 Å². The standard InChI is InChI=1S/C9H15BrN4O3S/c1-9(15)4-3-5-14(6-9)18(16,17)8-7(10)11-12-13(8)2/h15H,3-6H2,1-2H3. The minimum Gasteiger partial charge on any atom is -0.389 e. The van der Waals surface area contributed by atoms with Gasteiger partial charge in [-0.05, 0) is 35.7 Å². The zero-order chi connectivity index (χ0) is 13.6. The van der Waals surface area contributed by atoms with Gasteiger partial charge in [0.15, 0.2) is 4.60 Å². The van der Waals surface area contributed by atoms with E-state index in [-0.39, 0.29) is 16.2 Å². The van der Waals surface area contributed by atoms with Crippen molar-refractivity contribution < 1.29 is 13.5 Å². The monoisotopic (exact) mass is 338 g/mol. The van der Waals surface area contributed by atoms with Gasteiger partial charge in [-0.1, -0.05) is 5.21 Å². The molecular weight excluding hydrogens is 324 g/mol. The molecule has 1 saturated heterocycles. The van der Waals surface area contributed by atoms with Crippen molar-refractivity contribution in [1.82, 2.24) is 19.3 Å². The molecule has 0 spiro atoms. The Morgan fingerprint density at radius 2 is 2.17 bits per heavy atom. The van der Waals surface area contributed by atoms with E-state index in [1.54, 1.807) is 6.92 Å². The van der Waals surface area contributed by atoms with Gasteiger partial charge < -0.3 is 5.11 Å². The predicted octanol–water partition coefficient (Wildman–Crippen LogP) is 0.113. The fourth-order valence-corrected chi connectivity index (χ4v) is 4.73. The summed E-state index contributed by atoms with van der Waals surface area (Å²) in [7, 11) is -2.17. The lowest BCUT2D eigenvalue weighted by Crippen LogP contribution is -2.48. The number of hydrogen-bond acceptors (Lipinski definition) is 5. The molecule has 1 N–H and O–H groups in total. The van der Waals surface area contributed by atoms with E-state index in [4.69, 9.17) is 0 Å². The molecular formula is C9H15BrN4O3S. The Morgan fingerprint density at radius 1 is 1.50 bits per heavy atom. The van der Waals surface area contributed by atoms with Crippen molar-refractivity contribution >= 4 is 26.0 Å². The van der Waals surface area contributed by atoms with Crippen LogP contribution in [0.2, 0.25) is 0 Å². The molecule has 18 heavy (non-hydrogen) atoms. The molecule has 0 radical (unpaired) electrons. The third kappa shape index (κ3) is 2.44. The second-order valence-electron chi connectivity index (χ2n) is 4.75. The van der Waals surface area contributed by atoms with Crippen LogP contribution >= 0.6 is 15.9 Å². The van der Waals surface area contributed by atoms with E-state index >= 15 is 0 Å². The van der Waals surface area contributed by atoms with Crippen LogP contribution in [0.25, 0.3) is 0 Å². The molecule has 1 fully saturated rings. The van der Waals surface area contributed by atoms with Crippen LogP contribution in [0.3, 0.4) is 0 Å². The molecule has 7 nitrogen and oxygen atoms in total. The molecule has 1 aliphatic rings. The topological polar surface area (TPSA) is 88.3 Å². The van der Waals surface area contributed by atoms with Crippen molar-refractivity contribution in [2.45, 2.75) is 30.4 Å². The third-order valence-corrected chi connectivity index (χ3v) is 5.70. The summed E-state index contributed by atoms with van der Waals surface area (Å²) in [6, 6.07) is 0. The SMILES string of the molecule is Cn1nnc(Br)c1S(=O)(=O)N1CCCC(C)(O)C1. The van der Waals surface area contributed by atoms with Gasteiger partial charge in [0, 0.05) is 20.1 Å². The number of halogens is 1. The van der Waals surface area contributed by atoms with E-state index < -0.39 is 15.6 Å². The summed E-state index contributed by atoms with van der Waals surface area (Å²) in [6.07, 6.45) is 1.24. The lowest BCUT2D eigenvalue weighted by atomic mass is 9.97. The zero-order valence-electron chi connectivity index (χ0n) is 10.2. The Balaban J connectivity index is 2.38. The second kappa shape index (κ2) is 4.55. The number of sulfonamides is 1. The normalized spacial score (nSPS) is 26.4. The first-order valence-electron chi connectivity index (χ1n) is 5.52. The summed E-state index contributed by atoms with van der Waals surface area (Å²) in [5, 5.41) is 17.3. The van der Waals surface area contributed by atoms with Gasteiger partial charge in [-0.3, -0.25) is 0 Å². The second-order valence-corrected chi connectivity index (χ2v) is 7.35. The highest BCUT2D eigenvalue weighted by atomic mass is 79.9. The largest absolute Gasteiger partial charge is 0.389 e. The van der Waals surface area contributed by atoms with Crippen molar-refractivity contribution in [3.8, 4) is 0 Å². The highest BCUT2D eigenvalue weighted by Crippen LogP contribution is 2.28. The van der Waals surface area contributed by atoms with Gasteiger partial charge in [0.05, 0.1) is 5.60 Å².